The fraction of sp³-hybridized carbons (Fsp3) is 0.385. The first-order valence-electron chi connectivity index (χ1n) is 6.30. The van der Waals surface area contributed by atoms with Gasteiger partial charge in [0.05, 0.1) is 6.04 Å². The van der Waals surface area contributed by atoms with Crippen molar-refractivity contribution in [2.75, 3.05) is 19.6 Å². The first kappa shape index (κ1) is 12.0. The smallest absolute Gasteiger partial charge is 0.318 e. The Morgan fingerprint density at radius 1 is 1.58 bits per heavy atom. The van der Waals surface area contributed by atoms with Crippen LogP contribution in [0, 0.1) is 6.92 Å². The third-order valence-electron chi connectivity index (χ3n) is 3.31. The Morgan fingerprint density at radius 2 is 2.42 bits per heavy atom. The summed E-state index contributed by atoms with van der Waals surface area (Å²) in [4.78, 5) is 17.7. The number of aromatic nitrogens is 1. The number of oxazole rings is 1. The predicted molar refractivity (Wildman–Crippen MR) is 70.6 cm³/mol. The van der Waals surface area contributed by atoms with E-state index < -0.39 is 0 Å². The van der Waals surface area contributed by atoms with Gasteiger partial charge in [0, 0.05) is 26.6 Å². The number of urea groups is 1. The molecule has 19 heavy (non-hydrogen) atoms. The second-order valence-electron chi connectivity index (χ2n) is 4.70. The largest absolute Gasteiger partial charge is 0.441 e. The third-order valence-corrected chi connectivity index (χ3v) is 3.31. The molecule has 1 atom stereocenters. The molecule has 3 rings (SSSR count). The van der Waals surface area contributed by atoms with Crippen molar-refractivity contribution in [3.8, 4) is 0 Å². The maximum Gasteiger partial charge on any atom is 0.318 e. The van der Waals surface area contributed by atoms with Crippen molar-refractivity contribution in [3.05, 3.63) is 29.7 Å². The van der Waals surface area contributed by atoms with Crippen LogP contribution >= 0.6 is 0 Å². The summed E-state index contributed by atoms with van der Waals surface area (Å²) in [5.74, 6) is 0.646. The van der Waals surface area contributed by atoms with Gasteiger partial charge in [-0.15, -0.1) is 0 Å². The fourth-order valence-corrected chi connectivity index (χ4v) is 2.40. The van der Waals surface area contributed by atoms with Gasteiger partial charge < -0.3 is 20.4 Å². The van der Waals surface area contributed by atoms with Gasteiger partial charge in [0.15, 0.2) is 11.5 Å². The van der Waals surface area contributed by atoms with Crippen LogP contribution in [0.4, 0.5) is 4.79 Å². The number of nitrogens with zero attached hydrogens (tertiary/aromatic N) is 2. The Labute approximate surface area is 110 Å². The molecule has 6 heteroatoms. The van der Waals surface area contributed by atoms with E-state index in [1.807, 2.05) is 25.1 Å². The number of carbonyl (C=O) groups excluding carboxylic acids is 1. The zero-order chi connectivity index (χ0) is 13.4. The highest BCUT2D eigenvalue weighted by atomic mass is 16.3. The van der Waals surface area contributed by atoms with E-state index in [9.17, 15) is 4.79 Å². The van der Waals surface area contributed by atoms with E-state index in [2.05, 4.69) is 10.3 Å². The molecule has 0 saturated carbocycles. The summed E-state index contributed by atoms with van der Waals surface area (Å²) >= 11 is 0. The van der Waals surface area contributed by atoms with Crippen LogP contribution in [-0.4, -0.2) is 35.5 Å². The van der Waals surface area contributed by atoms with E-state index in [-0.39, 0.29) is 12.1 Å². The molecule has 2 amide bonds. The topological polar surface area (TPSA) is 84.4 Å². The molecule has 0 aliphatic carbocycles. The Kier molecular flexibility index (Phi) is 2.87. The minimum Gasteiger partial charge on any atom is -0.441 e. The van der Waals surface area contributed by atoms with Gasteiger partial charge in [-0.25, -0.2) is 9.78 Å². The van der Waals surface area contributed by atoms with Crippen molar-refractivity contribution in [1.82, 2.24) is 15.2 Å². The Balaban J connectivity index is 1.86. The number of aryl methyl sites for hydroxylation is 1. The lowest BCUT2D eigenvalue weighted by atomic mass is 10.1. The van der Waals surface area contributed by atoms with Gasteiger partial charge in [0.25, 0.3) is 0 Å². The Hall–Kier alpha value is -2.08. The SMILES string of the molecule is Cc1nc2ccc(C3CN(CCN)C(=O)N3)cc2o1. The fourth-order valence-electron chi connectivity index (χ4n) is 2.40. The lowest BCUT2D eigenvalue weighted by Crippen LogP contribution is -2.32. The van der Waals surface area contributed by atoms with Gasteiger partial charge in [0.1, 0.15) is 5.52 Å². The first-order chi connectivity index (χ1) is 9.17. The molecule has 1 aliphatic heterocycles. The molecular weight excluding hydrogens is 244 g/mol. The third kappa shape index (κ3) is 2.15. The lowest BCUT2D eigenvalue weighted by molar-refractivity contribution is 0.218. The summed E-state index contributed by atoms with van der Waals surface area (Å²) in [6, 6.07) is 5.74. The quantitative estimate of drug-likeness (QED) is 0.867. The highest BCUT2D eigenvalue weighted by Crippen LogP contribution is 2.24. The molecule has 2 heterocycles. The number of carbonyl (C=O) groups is 1. The maximum atomic E-state index is 11.7. The van der Waals surface area contributed by atoms with E-state index in [0.717, 1.165) is 16.7 Å². The number of hydrogen-bond donors (Lipinski definition) is 2. The number of nitrogens with two attached hydrogens (primary N) is 1. The second-order valence-corrected chi connectivity index (χ2v) is 4.70. The molecule has 100 valence electrons. The molecule has 0 bridgehead atoms. The zero-order valence-corrected chi connectivity index (χ0v) is 10.7. The number of fused-ring (bicyclic) bond motifs is 1. The van der Waals surface area contributed by atoms with Crippen LogP contribution < -0.4 is 11.1 Å². The first-order valence-corrected chi connectivity index (χ1v) is 6.30. The summed E-state index contributed by atoms with van der Waals surface area (Å²) in [6.07, 6.45) is 0. The van der Waals surface area contributed by atoms with Crippen LogP contribution in [0.3, 0.4) is 0 Å². The van der Waals surface area contributed by atoms with E-state index in [1.165, 1.54) is 0 Å². The monoisotopic (exact) mass is 260 g/mol. The Bertz CT molecular complexity index is 622. The molecular formula is C13H16N4O2. The number of amides is 2. The molecule has 1 aromatic carbocycles. The van der Waals surface area contributed by atoms with Crippen molar-refractivity contribution < 1.29 is 9.21 Å². The molecule has 0 spiro atoms. The average molecular weight is 260 g/mol. The standard InChI is InChI=1S/C13H16N4O2/c1-8-15-10-3-2-9(6-12(10)19-8)11-7-17(5-4-14)13(18)16-11/h2-3,6,11H,4-5,7,14H2,1H3,(H,16,18). The Morgan fingerprint density at radius 3 is 3.21 bits per heavy atom. The number of benzene rings is 1. The molecule has 6 nitrogen and oxygen atoms in total. The molecule has 1 aliphatic rings. The zero-order valence-electron chi connectivity index (χ0n) is 10.7. The van der Waals surface area contributed by atoms with E-state index in [4.69, 9.17) is 10.2 Å². The van der Waals surface area contributed by atoms with Gasteiger partial charge in [-0.2, -0.15) is 0 Å². The number of hydrogen-bond acceptors (Lipinski definition) is 4. The van der Waals surface area contributed by atoms with Crippen molar-refractivity contribution >= 4 is 17.1 Å². The van der Waals surface area contributed by atoms with Crippen LogP contribution in [0.25, 0.3) is 11.1 Å². The summed E-state index contributed by atoms with van der Waals surface area (Å²) in [5, 5.41) is 2.95. The molecule has 2 aromatic rings. The van der Waals surface area contributed by atoms with Gasteiger partial charge >= 0.3 is 6.03 Å². The van der Waals surface area contributed by atoms with Crippen molar-refractivity contribution in [3.63, 3.8) is 0 Å². The van der Waals surface area contributed by atoms with Crippen molar-refractivity contribution in [2.24, 2.45) is 5.73 Å². The van der Waals surface area contributed by atoms with Crippen LogP contribution in [0.15, 0.2) is 22.6 Å². The number of nitrogens with one attached hydrogen (secondary N) is 1. The minimum atomic E-state index is -0.0655. The molecule has 1 fully saturated rings. The van der Waals surface area contributed by atoms with Gasteiger partial charge in [-0.3, -0.25) is 0 Å². The molecule has 1 unspecified atom stereocenters. The van der Waals surface area contributed by atoms with Crippen LogP contribution in [-0.2, 0) is 0 Å². The van der Waals surface area contributed by atoms with Crippen LogP contribution in [0.5, 0.6) is 0 Å². The van der Waals surface area contributed by atoms with Crippen LogP contribution in [0.1, 0.15) is 17.5 Å². The highest BCUT2D eigenvalue weighted by molar-refractivity contribution is 5.78. The number of rotatable bonds is 3. The van der Waals surface area contributed by atoms with Gasteiger partial charge in [-0.1, -0.05) is 6.07 Å². The summed E-state index contributed by atoms with van der Waals surface area (Å²) in [5.41, 5.74) is 8.10. The normalized spacial score (nSPS) is 19.2. The van der Waals surface area contributed by atoms with Gasteiger partial charge in [-0.05, 0) is 17.7 Å². The minimum absolute atomic E-state index is 0.0196. The van der Waals surface area contributed by atoms with Gasteiger partial charge in [0.2, 0.25) is 0 Å². The van der Waals surface area contributed by atoms with E-state index in [0.29, 0.717) is 25.5 Å². The molecule has 0 radical (unpaired) electrons. The maximum absolute atomic E-state index is 11.7. The highest BCUT2D eigenvalue weighted by Gasteiger charge is 2.29. The summed E-state index contributed by atoms with van der Waals surface area (Å²) < 4.78 is 5.51. The second kappa shape index (κ2) is 4.55. The van der Waals surface area contributed by atoms with E-state index in [1.54, 1.807) is 4.90 Å². The lowest BCUT2D eigenvalue weighted by Gasteiger charge is -2.12. The molecule has 1 saturated heterocycles. The summed E-state index contributed by atoms with van der Waals surface area (Å²) in [6.45, 7) is 3.50. The summed E-state index contributed by atoms with van der Waals surface area (Å²) in [7, 11) is 0. The van der Waals surface area contributed by atoms with E-state index >= 15 is 0 Å². The van der Waals surface area contributed by atoms with Crippen molar-refractivity contribution in [2.45, 2.75) is 13.0 Å². The average Bonchev–Trinajstić information content (AvgIpc) is 2.91. The molecule has 3 N–H and O–H groups in total. The molecule has 1 aromatic heterocycles. The van der Waals surface area contributed by atoms with Crippen molar-refractivity contribution in [1.29, 1.82) is 0 Å². The van der Waals surface area contributed by atoms with Crippen LogP contribution in [0.2, 0.25) is 0 Å². The predicted octanol–water partition coefficient (Wildman–Crippen LogP) is 1.16.